The van der Waals surface area contributed by atoms with Crippen molar-refractivity contribution < 1.29 is 9.90 Å². The summed E-state index contributed by atoms with van der Waals surface area (Å²) in [7, 11) is 0. The Labute approximate surface area is 142 Å². The van der Waals surface area contributed by atoms with E-state index in [1.165, 1.54) is 11.3 Å². The normalized spacial score (nSPS) is 13.0. The summed E-state index contributed by atoms with van der Waals surface area (Å²) in [5.74, 6) is -0.0262. The van der Waals surface area contributed by atoms with E-state index in [9.17, 15) is 15.2 Å². The van der Waals surface area contributed by atoms with Gasteiger partial charge >= 0.3 is 0 Å². The molecule has 1 aliphatic rings. The summed E-state index contributed by atoms with van der Waals surface area (Å²) in [4.78, 5) is 14.0. The van der Waals surface area contributed by atoms with E-state index in [0.717, 1.165) is 30.4 Å². The molecule has 1 heterocycles. The zero-order valence-corrected chi connectivity index (χ0v) is 14.7. The van der Waals surface area contributed by atoms with Crippen molar-refractivity contribution in [1.82, 2.24) is 0 Å². The number of hydrogen-bond donors (Lipinski definition) is 1. The van der Waals surface area contributed by atoms with Crippen molar-refractivity contribution in [2.24, 2.45) is 0 Å². The lowest BCUT2D eigenvalue weighted by Gasteiger charge is -2.05. The summed E-state index contributed by atoms with van der Waals surface area (Å²) >= 11 is 7.75. The van der Waals surface area contributed by atoms with Crippen LogP contribution in [-0.4, -0.2) is 10.9 Å². The third kappa shape index (κ3) is 2.44. The second-order valence-electron chi connectivity index (χ2n) is 4.80. The molecular weight excluding hydrogens is 418 g/mol. The van der Waals surface area contributed by atoms with Gasteiger partial charge in [-0.05, 0) is 74.4 Å². The second-order valence-corrected chi connectivity index (χ2v) is 7.53. The maximum atomic E-state index is 12.7. The molecular formula is C15H9Br2NO2S. The fraction of sp³-hybridized carbons (Fsp3) is 0.200. The van der Waals surface area contributed by atoms with Crippen molar-refractivity contribution in [3.63, 3.8) is 0 Å². The van der Waals surface area contributed by atoms with E-state index in [1.807, 2.05) is 0 Å². The number of carbonyl (C=O) groups excluding carboxylic acids is 1. The average molecular weight is 427 g/mol. The minimum Gasteiger partial charge on any atom is -0.506 e. The number of phenols is 1. The van der Waals surface area contributed by atoms with Crippen molar-refractivity contribution in [2.75, 3.05) is 0 Å². The summed E-state index contributed by atoms with van der Waals surface area (Å²) in [6.07, 6.45) is 2.73. The van der Waals surface area contributed by atoms with Gasteiger partial charge in [-0.25, -0.2) is 0 Å². The van der Waals surface area contributed by atoms with Gasteiger partial charge in [0.15, 0.2) is 0 Å². The number of ketones is 1. The van der Waals surface area contributed by atoms with Crippen LogP contribution in [0, 0.1) is 11.3 Å². The number of nitriles is 1. The molecule has 3 rings (SSSR count). The molecule has 6 heteroatoms. The summed E-state index contributed by atoms with van der Waals surface area (Å²) in [6, 6.07) is 5.41. The van der Waals surface area contributed by atoms with Crippen molar-refractivity contribution in [3.05, 3.63) is 47.5 Å². The van der Waals surface area contributed by atoms with Crippen LogP contribution in [0.25, 0.3) is 0 Å². The summed E-state index contributed by atoms with van der Waals surface area (Å²) < 4.78 is 0.933. The van der Waals surface area contributed by atoms with Gasteiger partial charge in [0.2, 0.25) is 5.78 Å². The highest BCUT2D eigenvalue weighted by molar-refractivity contribution is 9.11. The number of fused-ring (bicyclic) bond motifs is 1. The van der Waals surface area contributed by atoms with Crippen LogP contribution in [0.1, 0.15) is 37.7 Å². The molecule has 0 bridgehead atoms. The van der Waals surface area contributed by atoms with Gasteiger partial charge in [-0.15, -0.1) is 11.3 Å². The van der Waals surface area contributed by atoms with Crippen LogP contribution in [0.4, 0.5) is 0 Å². The molecule has 0 saturated carbocycles. The number of aromatic hydroxyl groups is 1. The Morgan fingerprint density at radius 1 is 1.24 bits per heavy atom. The molecule has 3 nitrogen and oxygen atoms in total. The fourth-order valence-corrected chi connectivity index (χ4v) is 4.92. The molecule has 2 aromatic rings. The Bertz CT molecular complexity index is 782. The summed E-state index contributed by atoms with van der Waals surface area (Å²) in [6.45, 7) is 0. The quantitative estimate of drug-likeness (QED) is 0.715. The van der Waals surface area contributed by atoms with Gasteiger partial charge in [-0.3, -0.25) is 4.79 Å². The van der Waals surface area contributed by atoms with E-state index in [0.29, 0.717) is 24.3 Å². The summed E-state index contributed by atoms with van der Waals surface area (Å²) in [5.41, 5.74) is 2.57. The lowest BCUT2D eigenvalue weighted by atomic mass is 10.0. The first-order valence-corrected chi connectivity index (χ1v) is 8.70. The number of rotatable bonds is 2. The number of benzene rings is 1. The van der Waals surface area contributed by atoms with E-state index in [2.05, 4.69) is 37.9 Å². The molecule has 1 aromatic carbocycles. The zero-order valence-electron chi connectivity index (χ0n) is 10.7. The fourth-order valence-electron chi connectivity index (χ4n) is 2.57. The molecule has 1 aliphatic carbocycles. The molecule has 0 aliphatic heterocycles. The van der Waals surface area contributed by atoms with Crippen LogP contribution in [-0.2, 0) is 12.8 Å². The molecule has 0 unspecified atom stereocenters. The van der Waals surface area contributed by atoms with Gasteiger partial charge in [-0.2, -0.15) is 5.26 Å². The van der Waals surface area contributed by atoms with Crippen molar-refractivity contribution in [2.45, 2.75) is 19.3 Å². The monoisotopic (exact) mass is 425 g/mol. The van der Waals surface area contributed by atoms with Crippen LogP contribution in [0.15, 0.2) is 21.1 Å². The number of carbonyl (C=O) groups is 1. The predicted molar refractivity (Wildman–Crippen MR) is 88.0 cm³/mol. The average Bonchev–Trinajstić information content (AvgIpc) is 3.05. The van der Waals surface area contributed by atoms with Gasteiger partial charge in [0.1, 0.15) is 16.7 Å². The third-order valence-electron chi connectivity index (χ3n) is 3.56. The molecule has 0 radical (unpaired) electrons. The summed E-state index contributed by atoms with van der Waals surface area (Å²) in [5, 5.41) is 18.9. The Hall–Kier alpha value is -1.16. The Morgan fingerprint density at radius 2 is 1.86 bits per heavy atom. The van der Waals surface area contributed by atoms with Crippen LogP contribution < -0.4 is 0 Å². The third-order valence-corrected chi connectivity index (χ3v) is 5.94. The molecule has 106 valence electrons. The molecule has 0 amide bonds. The number of nitrogens with zero attached hydrogens (tertiary/aromatic N) is 1. The highest BCUT2D eigenvalue weighted by atomic mass is 79.9. The first-order valence-electron chi connectivity index (χ1n) is 6.30. The standard InChI is InChI=1S/C15H9Br2NO2S/c16-10-4-7(5-11(17)14(10)20)13(19)15-9-3-1-2-8(9)12(6-18)21-15/h4-5,20H,1-3H2. The van der Waals surface area contributed by atoms with Gasteiger partial charge in [0, 0.05) is 5.56 Å². The maximum Gasteiger partial charge on any atom is 0.203 e. The van der Waals surface area contributed by atoms with Crippen molar-refractivity contribution >= 4 is 49.0 Å². The largest absolute Gasteiger partial charge is 0.506 e. The van der Waals surface area contributed by atoms with Gasteiger partial charge in [-0.1, -0.05) is 0 Å². The minimum atomic E-state index is -0.0962. The molecule has 1 N–H and O–H groups in total. The molecule has 0 saturated heterocycles. The Balaban J connectivity index is 2.10. The number of phenolic OH excluding ortho intramolecular Hbond substituents is 1. The van der Waals surface area contributed by atoms with E-state index in [4.69, 9.17) is 0 Å². The van der Waals surface area contributed by atoms with Crippen LogP contribution in [0.2, 0.25) is 0 Å². The Morgan fingerprint density at radius 3 is 2.48 bits per heavy atom. The maximum absolute atomic E-state index is 12.7. The number of halogens is 2. The smallest absolute Gasteiger partial charge is 0.203 e. The van der Waals surface area contributed by atoms with Gasteiger partial charge in [0.05, 0.1) is 13.8 Å². The van der Waals surface area contributed by atoms with Crippen LogP contribution in [0.5, 0.6) is 5.75 Å². The molecule has 1 aromatic heterocycles. The van der Waals surface area contributed by atoms with E-state index in [1.54, 1.807) is 12.1 Å². The SMILES string of the molecule is N#Cc1sc(C(=O)c2cc(Br)c(O)c(Br)c2)c2c1CCC2. The highest BCUT2D eigenvalue weighted by Gasteiger charge is 2.27. The predicted octanol–water partition coefficient (Wildman–Crippen LogP) is 4.57. The molecule has 0 spiro atoms. The van der Waals surface area contributed by atoms with Crippen molar-refractivity contribution in [1.29, 1.82) is 5.26 Å². The highest BCUT2D eigenvalue weighted by Crippen LogP contribution is 2.38. The number of hydrogen-bond acceptors (Lipinski definition) is 4. The lowest BCUT2D eigenvalue weighted by Crippen LogP contribution is -2.02. The molecule has 0 fully saturated rings. The van der Waals surface area contributed by atoms with E-state index >= 15 is 0 Å². The number of thiophene rings is 1. The second kappa shape index (κ2) is 5.56. The van der Waals surface area contributed by atoms with Crippen LogP contribution in [0.3, 0.4) is 0 Å². The molecule has 0 atom stereocenters. The minimum absolute atomic E-state index is 0.0701. The molecule has 21 heavy (non-hydrogen) atoms. The van der Waals surface area contributed by atoms with Gasteiger partial charge in [0.25, 0.3) is 0 Å². The van der Waals surface area contributed by atoms with Gasteiger partial charge < -0.3 is 5.11 Å². The Kier molecular flexibility index (Phi) is 3.91. The first-order chi connectivity index (χ1) is 10.0. The van der Waals surface area contributed by atoms with E-state index < -0.39 is 0 Å². The lowest BCUT2D eigenvalue weighted by molar-refractivity contribution is 0.104. The zero-order chi connectivity index (χ0) is 15.1. The van der Waals surface area contributed by atoms with E-state index in [-0.39, 0.29) is 11.5 Å². The first kappa shape index (κ1) is 14.8. The van der Waals surface area contributed by atoms with Crippen LogP contribution >= 0.6 is 43.2 Å². The topological polar surface area (TPSA) is 61.1 Å². The van der Waals surface area contributed by atoms with Crippen molar-refractivity contribution in [3.8, 4) is 11.8 Å².